The van der Waals surface area contributed by atoms with Crippen molar-refractivity contribution in [1.82, 2.24) is 0 Å². The number of likely N-dealkylation sites (N-methyl/N-ethyl adjacent to an activating group) is 1. The van der Waals surface area contributed by atoms with Crippen molar-refractivity contribution >= 4 is 23.0 Å². The molecule has 1 heterocycles. The largest absolute Gasteiger partial charge is 0.494 e. The predicted molar refractivity (Wildman–Crippen MR) is 79.0 cm³/mol. The van der Waals surface area contributed by atoms with Crippen LogP contribution in [0.5, 0.6) is 5.75 Å². The summed E-state index contributed by atoms with van der Waals surface area (Å²) in [5.74, 6) is 0.553. The van der Waals surface area contributed by atoms with Crippen LogP contribution < -0.4 is 9.64 Å². The SMILES string of the molecule is COc1ccccc1N=C1C(=O)N(C)c2ccccc21. The molecule has 2 aromatic carbocycles. The van der Waals surface area contributed by atoms with Crippen molar-refractivity contribution < 1.29 is 9.53 Å². The average Bonchev–Trinajstić information content (AvgIpc) is 2.73. The molecule has 0 saturated carbocycles. The highest BCUT2D eigenvalue weighted by Gasteiger charge is 2.31. The first kappa shape index (κ1) is 12.4. The molecule has 0 atom stereocenters. The van der Waals surface area contributed by atoms with Crippen LogP contribution in [0.1, 0.15) is 5.56 Å². The molecule has 0 aliphatic carbocycles. The van der Waals surface area contributed by atoms with Gasteiger partial charge in [0.25, 0.3) is 5.91 Å². The zero-order valence-corrected chi connectivity index (χ0v) is 11.3. The maximum Gasteiger partial charge on any atom is 0.277 e. The van der Waals surface area contributed by atoms with Crippen LogP contribution in [0.15, 0.2) is 53.5 Å². The second-order valence-corrected chi connectivity index (χ2v) is 4.51. The molecule has 4 nitrogen and oxygen atoms in total. The molecule has 0 saturated heterocycles. The van der Waals surface area contributed by atoms with Crippen LogP contribution in [0.4, 0.5) is 11.4 Å². The Kier molecular flexibility index (Phi) is 2.99. The highest BCUT2D eigenvalue weighted by molar-refractivity contribution is 6.54. The second kappa shape index (κ2) is 4.81. The Bertz CT molecular complexity index is 707. The van der Waals surface area contributed by atoms with Crippen molar-refractivity contribution in [3.05, 3.63) is 54.1 Å². The first-order chi connectivity index (χ1) is 9.72. The Morgan fingerprint density at radius 1 is 1.05 bits per heavy atom. The molecular weight excluding hydrogens is 252 g/mol. The van der Waals surface area contributed by atoms with Gasteiger partial charge in [-0.15, -0.1) is 0 Å². The summed E-state index contributed by atoms with van der Waals surface area (Å²) in [7, 11) is 3.35. The number of hydrogen-bond donors (Lipinski definition) is 0. The number of aliphatic imine (C=N–C) groups is 1. The van der Waals surface area contributed by atoms with Crippen molar-refractivity contribution in [2.75, 3.05) is 19.1 Å². The molecule has 1 amide bonds. The van der Waals surface area contributed by atoms with Gasteiger partial charge in [0.05, 0.1) is 12.8 Å². The molecule has 4 heteroatoms. The highest BCUT2D eigenvalue weighted by Crippen LogP contribution is 2.32. The Morgan fingerprint density at radius 3 is 2.55 bits per heavy atom. The molecule has 1 aliphatic heterocycles. The van der Waals surface area contributed by atoms with Crippen molar-refractivity contribution in [2.24, 2.45) is 4.99 Å². The quantitative estimate of drug-likeness (QED) is 0.838. The first-order valence-corrected chi connectivity index (χ1v) is 6.31. The normalized spacial score (nSPS) is 15.6. The number of carbonyl (C=O) groups is 1. The zero-order chi connectivity index (χ0) is 14.1. The number of carbonyl (C=O) groups excluding carboxylic acids is 1. The summed E-state index contributed by atoms with van der Waals surface area (Å²) in [6, 6.07) is 15.0. The zero-order valence-electron chi connectivity index (χ0n) is 11.3. The number of hydrogen-bond acceptors (Lipinski definition) is 3. The molecule has 100 valence electrons. The Morgan fingerprint density at radius 2 is 1.75 bits per heavy atom. The fourth-order valence-electron chi connectivity index (χ4n) is 2.30. The number of fused-ring (bicyclic) bond motifs is 1. The molecule has 0 unspecified atom stereocenters. The van der Waals surface area contributed by atoms with E-state index in [1.165, 1.54) is 0 Å². The average molecular weight is 266 g/mol. The van der Waals surface area contributed by atoms with Crippen LogP contribution in [0.3, 0.4) is 0 Å². The van der Waals surface area contributed by atoms with Gasteiger partial charge in [-0.3, -0.25) is 4.79 Å². The maximum atomic E-state index is 12.3. The minimum Gasteiger partial charge on any atom is -0.494 e. The third kappa shape index (κ3) is 1.86. The topological polar surface area (TPSA) is 41.9 Å². The molecule has 0 aromatic heterocycles. The van der Waals surface area contributed by atoms with E-state index in [1.54, 1.807) is 19.1 Å². The lowest BCUT2D eigenvalue weighted by molar-refractivity contribution is -0.111. The number of nitrogens with zero attached hydrogens (tertiary/aromatic N) is 2. The number of amides is 1. The lowest BCUT2D eigenvalue weighted by Crippen LogP contribution is -2.25. The third-order valence-corrected chi connectivity index (χ3v) is 3.35. The molecule has 20 heavy (non-hydrogen) atoms. The number of rotatable bonds is 2. The van der Waals surface area contributed by atoms with E-state index >= 15 is 0 Å². The molecule has 0 N–H and O–H groups in total. The van der Waals surface area contributed by atoms with Crippen molar-refractivity contribution in [3.8, 4) is 5.75 Å². The van der Waals surface area contributed by atoms with Crippen molar-refractivity contribution in [2.45, 2.75) is 0 Å². The highest BCUT2D eigenvalue weighted by atomic mass is 16.5. The number of anilines is 1. The third-order valence-electron chi connectivity index (χ3n) is 3.35. The van der Waals surface area contributed by atoms with E-state index in [4.69, 9.17) is 4.74 Å². The van der Waals surface area contributed by atoms with E-state index in [1.807, 2.05) is 48.5 Å². The molecule has 2 aromatic rings. The number of methoxy groups -OCH3 is 1. The van der Waals surface area contributed by atoms with Crippen LogP contribution in [0.2, 0.25) is 0 Å². The van der Waals surface area contributed by atoms with Crippen LogP contribution >= 0.6 is 0 Å². The smallest absolute Gasteiger partial charge is 0.277 e. The molecule has 0 bridgehead atoms. The van der Waals surface area contributed by atoms with E-state index < -0.39 is 0 Å². The number of benzene rings is 2. The van der Waals surface area contributed by atoms with Crippen LogP contribution in [0, 0.1) is 0 Å². The minimum absolute atomic E-state index is 0.0999. The van der Waals surface area contributed by atoms with E-state index in [0.717, 1.165) is 11.3 Å². The van der Waals surface area contributed by atoms with Gasteiger partial charge in [-0.1, -0.05) is 30.3 Å². The fraction of sp³-hybridized carbons (Fsp3) is 0.125. The summed E-state index contributed by atoms with van der Waals surface area (Å²) in [6.45, 7) is 0. The number of para-hydroxylation sites is 3. The van der Waals surface area contributed by atoms with E-state index in [9.17, 15) is 4.79 Å². The van der Waals surface area contributed by atoms with Gasteiger partial charge in [-0.05, 0) is 18.2 Å². The van der Waals surface area contributed by atoms with Crippen molar-refractivity contribution in [3.63, 3.8) is 0 Å². The summed E-state index contributed by atoms with van der Waals surface area (Å²) in [5, 5.41) is 0. The van der Waals surface area contributed by atoms with E-state index in [2.05, 4.69) is 4.99 Å². The van der Waals surface area contributed by atoms with Gasteiger partial charge in [-0.25, -0.2) is 4.99 Å². The van der Waals surface area contributed by atoms with Crippen LogP contribution in [0.25, 0.3) is 0 Å². The van der Waals surface area contributed by atoms with Crippen LogP contribution in [-0.2, 0) is 4.79 Å². The summed E-state index contributed by atoms with van der Waals surface area (Å²) < 4.78 is 5.27. The lowest BCUT2D eigenvalue weighted by atomic mass is 10.1. The van der Waals surface area contributed by atoms with Gasteiger partial charge >= 0.3 is 0 Å². The first-order valence-electron chi connectivity index (χ1n) is 6.31. The number of ether oxygens (including phenoxy) is 1. The minimum atomic E-state index is -0.0999. The van der Waals surface area contributed by atoms with Gasteiger partial charge in [0.1, 0.15) is 17.1 Å². The second-order valence-electron chi connectivity index (χ2n) is 4.51. The van der Waals surface area contributed by atoms with E-state index in [0.29, 0.717) is 17.1 Å². The van der Waals surface area contributed by atoms with Gasteiger partial charge in [0, 0.05) is 12.6 Å². The van der Waals surface area contributed by atoms with Gasteiger partial charge in [-0.2, -0.15) is 0 Å². The summed E-state index contributed by atoms with van der Waals surface area (Å²) in [6.07, 6.45) is 0. The molecule has 0 fully saturated rings. The Balaban J connectivity index is 2.15. The standard InChI is InChI=1S/C16H14N2O2/c1-18-13-9-5-3-7-11(13)15(16(18)19)17-12-8-4-6-10-14(12)20-2/h3-10H,1-2H3. The van der Waals surface area contributed by atoms with Gasteiger partial charge < -0.3 is 9.64 Å². The molecule has 1 aliphatic rings. The van der Waals surface area contributed by atoms with Crippen molar-refractivity contribution in [1.29, 1.82) is 0 Å². The maximum absolute atomic E-state index is 12.3. The molecule has 3 rings (SSSR count). The fourth-order valence-corrected chi connectivity index (χ4v) is 2.30. The Hall–Kier alpha value is -2.62. The monoisotopic (exact) mass is 266 g/mol. The predicted octanol–water partition coefficient (Wildman–Crippen LogP) is 2.79. The van der Waals surface area contributed by atoms with Gasteiger partial charge in [0.15, 0.2) is 0 Å². The lowest BCUT2D eigenvalue weighted by Gasteiger charge is -2.07. The molecule has 0 radical (unpaired) electrons. The Labute approximate surface area is 117 Å². The molecular formula is C16H14N2O2. The van der Waals surface area contributed by atoms with Gasteiger partial charge in [0.2, 0.25) is 0 Å². The van der Waals surface area contributed by atoms with Crippen LogP contribution in [-0.4, -0.2) is 25.8 Å². The molecule has 0 spiro atoms. The summed E-state index contributed by atoms with van der Waals surface area (Å²) in [5.41, 5.74) is 2.84. The summed E-state index contributed by atoms with van der Waals surface area (Å²) >= 11 is 0. The van der Waals surface area contributed by atoms with E-state index in [-0.39, 0.29) is 5.91 Å². The summed E-state index contributed by atoms with van der Waals surface area (Å²) in [4.78, 5) is 18.4.